The molecule has 0 aromatic rings. The predicted molar refractivity (Wildman–Crippen MR) is 70.4 cm³/mol. The second kappa shape index (κ2) is 7.09. The van der Waals surface area contributed by atoms with Crippen LogP contribution >= 0.6 is 0 Å². The Morgan fingerprint density at radius 3 is 2.39 bits per heavy atom. The molecular weight excluding hydrogens is 316 g/mol. The molecular formula is C13H20O10. The summed E-state index contributed by atoms with van der Waals surface area (Å²) < 4.78 is 19.7. The van der Waals surface area contributed by atoms with Gasteiger partial charge in [0.25, 0.3) is 0 Å². The molecule has 2 heterocycles. The van der Waals surface area contributed by atoms with E-state index in [0.717, 1.165) is 13.2 Å². The molecule has 2 aliphatic heterocycles. The van der Waals surface area contributed by atoms with Gasteiger partial charge in [0.05, 0.1) is 13.2 Å². The number of esters is 1. The standard InChI is InChI=1S/C13H20O10/c1-4-7(15)9(17)10(12(19)21-4)23-13-8(16)5(14)3-6(22-13)11(18)20-2/h3-5,7-10,12-17,19H,1-2H3/t4-,5-,7-,8+,9+,10+,12?,13+/m0/s1. The summed E-state index contributed by atoms with van der Waals surface area (Å²) in [6.07, 6.45) is -10.5. The summed E-state index contributed by atoms with van der Waals surface area (Å²) in [5.74, 6) is -1.30. The first-order chi connectivity index (χ1) is 10.8. The zero-order valence-electron chi connectivity index (χ0n) is 12.5. The highest BCUT2D eigenvalue weighted by molar-refractivity contribution is 5.86. The van der Waals surface area contributed by atoms with Crippen molar-refractivity contribution in [3.8, 4) is 0 Å². The highest BCUT2D eigenvalue weighted by Gasteiger charge is 2.46. The second-order valence-electron chi connectivity index (χ2n) is 5.30. The SMILES string of the molecule is COC(=O)C1=C[C@H](O)[C@@H](O)[C@@H](O[C@H]2C(O)O[C@@H](C)[C@H](O)[C@H]2O)O1. The van der Waals surface area contributed by atoms with E-state index in [9.17, 15) is 30.3 Å². The number of aliphatic hydroxyl groups excluding tert-OH is 5. The summed E-state index contributed by atoms with van der Waals surface area (Å²) in [7, 11) is 1.10. The fourth-order valence-electron chi connectivity index (χ4n) is 2.29. The smallest absolute Gasteiger partial charge is 0.373 e. The second-order valence-corrected chi connectivity index (χ2v) is 5.30. The van der Waals surface area contributed by atoms with Gasteiger partial charge in [-0.15, -0.1) is 0 Å². The maximum absolute atomic E-state index is 11.5. The van der Waals surface area contributed by atoms with E-state index in [-0.39, 0.29) is 0 Å². The van der Waals surface area contributed by atoms with Crippen molar-refractivity contribution in [1.29, 1.82) is 0 Å². The Balaban J connectivity index is 2.12. The van der Waals surface area contributed by atoms with Gasteiger partial charge in [0.2, 0.25) is 12.0 Å². The van der Waals surface area contributed by atoms with Crippen LogP contribution in [-0.4, -0.2) is 87.8 Å². The van der Waals surface area contributed by atoms with Crippen molar-refractivity contribution < 1.29 is 49.3 Å². The summed E-state index contributed by atoms with van der Waals surface area (Å²) in [6, 6.07) is 0. The fraction of sp³-hybridized carbons (Fsp3) is 0.769. The van der Waals surface area contributed by atoms with E-state index in [1.165, 1.54) is 6.92 Å². The number of carbonyl (C=O) groups is 1. The third-order valence-corrected chi connectivity index (χ3v) is 3.67. The van der Waals surface area contributed by atoms with Crippen molar-refractivity contribution in [2.24, 2.45) is 0 Å². The molecule has 2 rings (SSSR count). The van der Waals surface area contributed by atoms with Crippen LogP contribution in [0, 0.1) is 0 Å². The average Bonchev–Trinajstić information content (AvgIpc) is 2.52. The molecule has 5 N–H and O–H groups in total. The van der Waals surface area contributed by atoms with E-state index < -0.39 is 60.9 Å². The Morgan fingerprint density at radius 1 is 1.13 bits per heavy atom. The number of methoxy groups -OCH3 is 1. The number of rotatable bonds is 3. The van der Waals surface area contributed by atoms with Gasteiger partial charge in [-0.1, -0.05) is 0 Å². The van der Waals surface area contributed by atoms with Crippen molar-refractivity contribution in [3.63, 3.8) is 0 Å². The van der Waals surface area contributed by atoms with Crippen LogP contribution in [-0.2, 0) is 23.7 Å². The molecule has 0 aromatic carbocycles. The molecule has 0 aliphatic carbocycles. The molecule has 132 valence electrons. The number of hydrogen-bond acceptors (Lipinski definition) is 10. The Hall–Kier alpha value is -1.27. The first-order valence-electron chi connectivity index (χ1n) is 6.94. The van der Waals surface area contributed by atoms with Gasteiger partial charge in [-0.2, -0.15) is 0 Å². The zero-order valence-corrected chi connectivity index (χ0v) is 12.5. The van der Waals surface area contributed by atoms with Crippen LogP contribution in [0.2, 0.25) is 0 Å². The summed E-state index contributed by atoms with van der Waals surface area (Å²) in [5.41, 5.74) is 0. The minimum Gasteiger partial charge on any atom is -0.463 e. The van der Waals surface area contributed by atoms with Crippen molar-refractivity contribution >= 4 is 5.97 Å². The monoisotopic (exact) mass is 336 g/mol. The summed E-state index contributed by atoms with van der Waals surface area (Å²) >= 11 is 0. The van der Waals surface area contributed by atoms with E-state index in [0.29, 0.717) is 0 Å². The number of carbonyl (C=O) groups excluding carboxylic acids is 1. The van der Waals surface area contributed by atoms with Crippen LogP contribution in [0.25, 0.3) is 0 Å². The highest BCUT2D eigenvalue weighted by Crippen LogP contribution is 2.27. The fourth-order valence-corrected chi connectivity index (χ4v) is 2.29. The highest BCUT2D eigenvalue weighted by atomic mass is 16.7. The molecule has 0 amide bonds. The largest absolute Gasteiger partial charge is 0.463 e. The lowest BCUT2D eigenvalue weighted by Gasteiger charge is -2.41. The van der Waals surface area contributed by atoms with E-state index in [2.05, 4.69) is 4.74 Å². The Labute approximate surface area is 131 Å². The van der Waals surface area contributed by atoms with Crippen LogP contribution in [0.4, 0.5) is 0 Å². The average molecular weight is 336 g/mol. The third kappa shape index (κ3) is 3.63. The van der Waals surface area contributed by atoms with Gasteiger partial charge >= 0.3 is 5.97 Å². The molecule has 0 saturated carbocycles. The Bertz CT molecular complexity index is 466. The number of ether oxygens (including phenoxy) is 4. The first kappa shape index (κ1) is 18.1. The molecule has 1 saturated heterocycles. The normalized spacial score (nSPS) is 44.2. The lowest BCUT2D eigenvalue weighted by molar-refractivity contribution is -0.328. The van der Waals surface area contributed by atoms with Gasteiger partial charge in [-0.25, -0.2) is 4.79 Å². The molecule has 0 spiro atoms. The molecule has 23 heavy (non-hydrogen) atoms. The van der Waals surface area contributed by atoms with Crippen LogP contribution in [0.5, 0.6) is 0 Å². The first-order valence-corrected chi connectivity index (χ1v) is 6.94. The molecule has 1 unspecified atom stereocenters. The van der Waals surface area contributed by atoms with E-state index in [1.54, 1.807) is 0 Å². The maximum Gasteiger partial charge on any atom is 0.373 e. The van der Waals surface area contributed by atoms with Crippen LogP contribution in [0.1, 0.15) is 6.92 Å². The number of hydrogen-bond donors (Lipinski definition) is 5. The van der Waals surface area contributed by atoms with Crippen LogP contribution in [0.3, 0.4) is 0 Å². The summed E-state index contributed by atoms with van der Waals surface area (Å²) in [5, 5.41) is 49.1. The van der Waals surface area contributed by atoms with Gasteiger partial charge in [0, 0.05) is 0 Å². The van der Waals surface area contributed by atoms with E-state index in [1.807, 2.05) is 0 Å². The summed E-state index contributed by atoms with van der Waals surface area (Å²) in [6.45, 7) is 1.45. The maximum atomic E-state index is 11.5. The molecule has 0 aromatic heterocycles. The van der Waals surface area contributed by atoms with Gasteiger partial charge in [-0.05, 0) is 13.0 Å². The van der Waals surface area contributed by atoms with Crippen molar-refractivity contribution in [2.75, 3.05) is 7.11 Å². The van der Waals surface area contributed by atoms with E-state index in [4.69, 9.17) is 14.2 Å². The van der Waals surface area contributed by atoms with Crippen molar-refractivity contribution in [2.45, 2.75) is 56.1 Å². The minimum atomic E-state index is -1.61. The third-order valence-electron chi connectivity index (χ3n) is 3.67. The topological polar surface area (TPSA) is 155 Å². The molecule has 2 aliphatic rings. The lowest BCUT2D eigenvalue weighted by atomic mass is 9.99. The van der Waals surface area contributed by atoms with Crippen molar-refractivity contribution in [1.82, 2.24) is 0 Å². The molecule has 8 atom stereocenters. The number of aliphatic hydroxyl groups is 5. The molecule has 0 radical (unpaired) electrons. The Morgan fingerprint density at radius 2 is 1.78 bits per heavy atom. The molecule has 10 heteroatoms. The predicted octanol–water partition coefficient (Wildman–Crippen LogP) is -3.03. The molecule has 10 nitrogen and oxygen atoms in total. The van der Waals surface area contributed by atoms with Gasteiger partial charge in [-0.3, -0.25) is 0 Å². The lowest BCUT2D eigenvalue weighted by Crippen LogP contribution is -2.60. The van der Waals surface area contributed by atoms with Gasteiger partial charge in [0.1, 0.15) is 30.5 Å². The van der Waals surface area contributed by atoms with Gasteiger partial charge < -0.3 is 44.5 Å². The summed E-state index contributed by atoms with van der Waals surface area (Å²) in [4.78, 5) is 11.5. The minimum absolute atomic E-state index is 0.398. The quantitative estimate of drug-likeness (QED) is 0.336. The van der Waals surface area contributed by atoms with Crippen LogP contribution in [0.15, 0.2) is 11.8 Å². The Kier molecular flexibility index (Phi) is 5.57. The zero-order chi connectivity index (χ0) is 17.3. The van der Waals surface area contributed by atoms with E-state index >= 15 is 0 Å². The van der Waals surface area contributed by atoms with Crippen LogP contribution < -0.4 is 0 Å². The van der Waals surface area contributed by atoms with Crippen molar-refractivity contribution in [3.05, 3.63) is 11.8 Å². The molecule has 1 fully saturated rings. The molecule has 0 bridgehead atoms. The van der Waals surface area contributed by atoms with Gasteiger partial charge in [0.15, 0.2) is 6.29 Å².